The van der Waals surface area contributed by atoms with E-state index in [1.807, 2.05) is 41.8 Å². The van der Waals surface area contributed by atoms with Crippen LogP contribution in [0.2, 0.25) is 0 Å². The summed E-state index contributed by atoms with van der Waals surface area (Å²) in [7, 11) is 1.61. The molecule has 1 atom stereocenters. The molecule has 0 aliphatic heterocycles. The molecule has 3 rings (SSSR count). The van der Waals surface area contributed by atoms with Crippen LogP contribution in [0.5, 0.6) is 11.5 Å². The minimum absolute atomic E-state index is 0.170. The highest BCUT2D eigenvalue weighted by Crippen LogP contribution is 2.29. The van der Waals surface area contributed by atoms with E-state index in [0.717, 1.165) is 16.6 Å². The Morgan fingerprint density at radius 2 is 1.93 bits per heavy atom. The number of fused-ring (bicyclic) bond motifs is 1. The molecule has 5 heteroatoms. The molecule has 0 saturated heterocycles. The van der Waals surface area contributed by atoms with E-state index in [1.54, 1.807) is 13.4 Å². The highest BCUT2D eigenvalue weighted by Gasteiger charge is 2.12. The van der Waals surface area contributed by atoms with Gasteiger partial charge in [-0.15, -0.1) is 0 Å². The number of hydrogen-bond acceptors (Lipinski definition) is 4. The number of nitrogens with zero attached hydrogens (tertiary/aromatic N) is 2. The van der Waals surface area contributed by atoms with Gasteiger partial charge < -0.3 is 19.1 Å². The predicted molar refractivity (Wildman–Crippen MR) is 108 cm³/mol. The molecule has 3 aromatic rings. The van der Waals surface area contributed by atoms with Gasteiger partial charge in [-0.3, -0.25) is 0 Å². The summed E-state index contributed by atoms with van der Waals surface area (Å²) in [4.78, 5) is 4.43. The number of allylic oxidation sites excluding steroid dienone is 1. The van der Waals surface area contributed by atoms with Gasteiger partial charge in [0.2, 0.25) is 0 Å². The van der Waals surface area contributed by atoms with E-state index in [2.05, 4.69) is 31.0 Å². The third-order valence-electron chi connectivity index (χ3n) is 4.62. The molecular weight excluding hydrogens is 340 g/mol. The number of aliphatic hydroxyl groups excluding tert-OH is 1. The molecule has 5 nitrogen and oxygen atoms in total. The number of benzene rings is 2. The van der Waals surface area contributed by atoms with Gasteiger partial charge in [-0.1, -0.05) is 18.2 Å². The summed E-state index contributed by atoms with van der Waals surface area (Å²) in [6, 6.07) is 9.91. The van der Waals surface area contributed by atoms with E-state index in [1.165, 1.54) is 11.1 Å². The van der Waals surface area contributed by atoms with Crippen LogP contribution in [0, 0.1) is 13.8 Å². The zero-order valence-electron chi connectivity index (χ0n) is 16.3. The van der Waals surface area contributed by atoms with Gasteiger partial charge >= 0.3 is 0 Å². The summed E-state index contributed by atoms with van der Waals surface area (Å²) < 4.78 is 13.2. The monoisotopic (exact) mass is 366 g/mol. The summed E-state index contributed by atoms with van der Waals surface area (Å²) in [6.45, 7) is 6.71. The quantitative estimate of drug-likeness (QED) is 0.683. The first-order valence-electron chi connectivity index (χ1n) is 9.05. The second kappa shape index (κ2) is 8.27. The molecule has 0 aliphatic carbocycles. The second-order valence-electron chi connectivity index (χ2n) is 6.70. The number of aliphatic hydroxyl groups is 1. The number of ether oxygens (including phenoxy) is 2. The Morgan fingerprint density at radius 1 is 1.15 bits per heavy atom. The third kappa shape index (κ3) is 4.31. The molecule has 1 N–H and O–H groups in total. The molecule has 0 amide bonds. The first-order chi connectivity index (χ1) is 13.0. The van der Waals surface area contributed by atoms with E-state index < -0.39 is 6.10 Å². The Hall–Kier alpha value is -2.79. The molecule has 0 fully saturated rings. The van der Waals surface area contributed by atoms with Gasteiger partial charge in [0.25, 0.3) is 0 Å². The van der Waals surface area contributed by atoms with Crippen molar-refractivity contribution in [3.8, 4) is 11.5 Å². The molecule has 0 aliphatic rings. The fourth-order valence-corrected chi connectivity index (χ4v) is 3.02. The van der Waals surface area contributed by atoms with Crippen molar-refractivity contribution in [2.45, 2.75) is 33.4 Å². The maximum atomic E-state index is 10.4. The van der Waals surface area contributed by atoms with E-state index >= 15 is 0 Å². The van der Waals surface area contributed by atoms with Crippen molar-refractivity contribution < 1.29 is 14.6 Å². The molecule has 0 bridgehead atoms. The number of methoxy groups -OCH3 is 1. The minimum atomic E-state index is -0.663. The standard InChI is InChI=1S/C22H26N2O3/c1-5-6-17-7-8-21(22(11-17)26-4)27-13-18(25)12-24-14-23-19-9-15(2)16(3)10-20(19)24/h5-11,14,18,25H,12-13H2,1-4H3/b6-5-/t18-/m1/s1. The maximum absolute atomic E-state index is 10.4. The number of imidazole rings is 1. The summed E-state index contributed by atoms with van der Waals surface area (Å²) in [5, 5.41) is 10.4. The minimum Gasteiger partial charge on any atom is -0.493 e. The van der Waals surface area contributed by atoms with E-state index in [0.29, 0.717) is 18.0 Å². The van der Waals surface area contributed by atoms with Crippen LogP contribution in [0.25, 0.3) is 17.1 Å². The lowest BCUT2D eigenvalue weighted by Crippen LogP contribution is -2.23. The van der Waals surface area contributed by atoms with Crippen LogP contribution in [0.3, 0.4) is 0 Å². The van der Waals surface area contributed by atoms with Crippen LogP contribution >= 0.6 is 0 Å². The largest absolute Gasteiger partial charge is 0.493 e. The zero-order chi connectivity index (χ0) is 19.4. The smallest absolute Gasteiger partial charge is 0.161 e. The highest BCUT2D eigenvalue weighted by atomic mass is 16.5. The second-order valence-corrected chi connectivity index (χ2v) is 6.70. The Bertz CT molecular complexity index is 960. The van der Waals surface area contributed by atoms with Crippen LogP contribution in [-0.2, 0) is 6.54 Å². The Morgan fingerprint density at radius 3 is 2.67 bits per heavy atom. The molecule has 1 heterocycles. The van der Waals surface area contributed by atoms with Crippen LogP contribution in [0.1, 0.15) is 23.6 Å². The van der Waals surface area contributed by atoms with Crippen molar-refractivity contribution in [2.75, 3.05) is 13.7 Å². The molecule has 1 aromatic heterocycles. The van der Waals surface area contributed by atoms with Gasteiger partial charge in [-0.2, -0.15) is 0 Å². The first-order valence-corrected chi connectivity index (χ1v) is 9.05. The molecule has 0 spiro atoms. The zero-order valence-corrected chi connectivity index (χ0v) is 16.3. The van der Waals surface area contributed by atoms with Gasteiger partial charge in [0.05, 0.1) is 31.0 Å². The highest BCUT2D eigenvalue weighted by molar-refractivity contribution is 5.77. The molecule has 0 radical (unpaired) electrons. The lowest BCUT2D eigenvalue weighted by molar-refractivity contribution is 0.0919. The average Bonchev–Trinajstić information content (AvgIpc) is 3.02. The Kier molecular flexibility index (Phi) is 5.81. The summed E-state index contributed by atoms with van der Waals surface area (Å²) in [5.74, 6) is 1.27. The fraction of sp³-hybridized carbons (Fsp3) is 0.318. The number of hydrogen-bond donors (Lipinski definition) is 1. The third-order valence-corrected chi connectivity index (χ3v) is 4.62. The van der Waals surface area contributed by atoms with Gasteiger partial charge in [0.15, 0.2) is 11.5 Å². The van der Waals surface area contributed by atoms with Gasteiger partial charge in [0.1, 0.15) is 12.7 Å². The van der Waals surface area contributed by atoms with Crippen molar-refractivity contribution in [2.24, 2.45) is 0 Å². The van der Waals surface area contributed by atoms with Gasteiger partial charge in [0, 0.05) is 0 Å². The molecule has 0 saturated carbocycles. The Labute approximate surface area is 159 Å². The first kappa shape index (κ1) is 19.0. The summed E-state index contributed by atoms with van der Waals surface area (Å²) in [5.41, 5.74) is 5.42. The van der Waals surface area contributed by atoms with Crippen LogP contribution < -0.4 is 9.47 Å². The number of aryl methyl sites for hydroxylation is 2. The van der Waals surface area contributed by atoms with Crippen LogP contribution in [-0.4, -0.2) is 34.5 Å². The van der Waals surface area contributed by atoms with Gasteiger partial charge in [-0.05, 0) is 61.7 Å². The predicted octanol–water partition coefficient (Wildman–Crippen LogP) is 4.13. The molecular formula is C22H26N2O3. The van der Waals surface area contributed by atoms with E-state index in [-0.39, 0.29) is 6.61 Å². The van der Waals surface area contributed by atoms with Gasteiger partial charge in [-0.25, -0.2) is 4.98 Å². The van der Waals surface area contributed by atoms with Crippen molar-refractivity contribution in [3.63, 3.8) is 0 Å². The topological polar surface area (TPSA) is 56.5 Å². The normalized spacial score (nSPS) is 12.6. The van der Waals surface area contributed by atoms with E-state index in [9.17, 15) is 5.11 Å². The number of rotatable bonds is 7. The Balaban J connectivity index is 1.68. The molecule has 27 heavy (non-hydrogen) atoms. The lowest BCUT2D eigenvalue weighted by atomic mass is 10.1. The van der Waals surface area contributed by atoms with Crippen LogP contribution in [0.4, 0.5) is 0 Å². The molecule has 0 unspecified atom stereocenters. The van der Waals surface area contributed by atoms with Crippen molar-refractivity contribution in [1.29, 1.82) is 0 Å². The average molecular weight is 366 g/mol. The molecule has 2 aromatic carbocycles. The lowest BCUT2D eigenvalue weighted by Gasteiger charge is -2.16. The van der Waals surface area contributed by atoms with Crippen molar-refractivity contribution >= 4 is 17.1 Å². The van der Waals surface area contributed by atoms with Crippen molar-refractivity contribution in [1.82, 2.24) is 9.55 Å². The molecule has 142 valence electrons. The van der Waals surface area contributed by atoms with Crippen LogP contribution in [0.15, 0.2) is 42.7 Å². The fourth-order valence-electron chi connectivity index (χ4n) is 3.02. The van der Waals surface area contributed by atoms with E-state index in [4.69, 9.17) is 9.47 Å². The SMILES string of the molecule is C/C=C\c1ccc(OC[C@H](O)Cn2cnc3cc(C)c(C)cc32)c(OC)c1. The summed E-state index contributed by atoms with van der Waals surface area (Å²) >= 11 is 0. The summed E-state index contributed by atoms with van der Waals surface area (Å²) in [6.07, 6.45) is 5.07. The van der Waals surface area contributed by atoms with Crippen molar-refractivity contribution in [3.05, 3.63) is 59.4 Å². The maximum Gasteiger partial charge on any atom is 0.161 e. The number of aromatic nitrogens is 2.